The van der Waals surface area contributed by atoms with Crippen molar-refractivity contribution >= 4 is 17.8 Å². The van der Waals surface area contributed by atoms with Crippen molar-refractivity contribution in [2.75, 3.05) is 27.2 Å². The first kappa shape index (κ1) is 17.7. The van der Waals surface area contributed by atoms with Gasteiger partial charge in [-0.05, 0) is 55.9 Å². The highest BCUT2D eigenvalue weighted by molar-refractivity contribution is 5.70. The highest BCUT2D eigenvalue weighted by Crippen LogP contribution is 2.16. The van der Waals surface area contributed by atoms with Crippen molar-refractivity contribution in [1.29, 1.82) is 0 Å². The predicted molar refractivity (Wildman–Crippen MR) is 97.1 cm³/mol. The van der Waals surface area contributed by atoms with Gasteiger partial charge in [0.1, 0.15) is 5.75 Å². The van der Waals surface area contributed by atoms with Crippen LogP contribution in [-0.2, 0) is 0 Å². The minimum Gasteiger partial charge on any atom is -0.494 e. The molecule has 126 valence electrons. The van der Waals surface area contributed by atoms with Crippen LogP contribution in [0.2, 0.25) is 0 Å². The molecule has 0 radical (unpaired) electrons. The summed E-state index contributed by atoms with van der Waals surface area (Å²) in [5.41, 5.74) is 2.07. The molecule has 0 saturated carbocycles. The number of ether oxygens (including phenoxy) is 1. The van der Waals surface area contributed by atoms with E-state index in [1.54, 1.807) is 12.1 Å². The van der Waals surface area contributed by atoms with Crippen LogP contribution in [0.1, 0.15) is 17.5 Å². The van der Waals surface area contributed by atoms with E-state index in [-0.39, 0.29) is 5.69 Å². The van der Waals surface area contributed by atoms with Crippen LogP contribution in [0, 0.1) is 10.1 Å². The first-order valence-electron chi connectivity index (χ1n) is 7.85. The molecular weight excluding hydrogens is 304 g/mol. The van der Waals surface area contributed by atoms with Gasteiger partial charge in [-0.1, -0.05) is 24.3 Å². The van der Waals surface area contributed by atoms with Gasteiger partial charge in [-0.2, -0.15) is 0 Å². The molecule has 0 fully saturated rings. The molecule has 0 N–H and O–H groups in total. The standard InChI is InChI=1S/C19H22N2O3/c1-20(2)14-3-15-24-19-12-8-17(9-13-19)5-4-16-6-10-18(11-7-16)21(22)23/h4-13H,3,14-15H2,1-2H3. The monoisotopic (exact) mass is 326 g/mol. The molecule has 2 rings (SSSR count). The molecule has 0 aliphatic rings. The lowest BCUT2D eigenvalue weighted by atomic mass is 10.1. The summed E-state index contributed by atoms with van der Waals surface area (Å²) in [6, 6.07) is 14.4. The van der Waals surface area contributed by atoms with Gasteiger partial charge < -0.3 is 9.64 Å². The van der Waals surface area contributed by atoms with E-state index >= 15 is 0 Å². The van der Waals surface area contributed by atoms with E-state index in [1.807, 2.05) is 50.5 Å². The SMILES string of the molecule is CN(C)CCCOc1ccc(C=Cc2ccc([N+](=O)[O-])cc2)cc1. The molecule has 0 spiro atoms. The Bertz CT molecular complexity index is 677. The Labute approximate surface area is 142 Å². The van der Waals surface area contributed by atoms with Crippen LogP contribution >= 0.6 is 0 Å². The van der Waals surface area contributed by atoms with Gasteiger partial charge in [0, 0.05) is 18.7 Å². The summed E-state index contributed by atoms with van der Waals surface area (Å²) in [5.74, 6) is 0.862. The fourth-order valence-electron chi connectivity index (χ4n) is 2.15. The van der Waals surface area contributed by atoms with Crippen LogP contribution in [0.25, 0.3) is 12.2 Å². The third-order valence-corrected chi connectivity index (χ3v) is 3.47. The molecule has 0 atom stereocenters. The minimum atomic E-state index is -0.398. The molecule has 24 heavy (non-hydrogen) atoms. The topological polar surface area (TPSA) is 55.6 Å². The summed E-state index contributed by atoms with van der Waals surface area (Å²) in [5, 5.41) is 10.6. The first-order chi connectivity index (χ1) is 11.5. The Hall–Kier alpha value is -2.66. The Morgan fingerprint density at radius 1 is 1.00 bits per heavy atom. The number of hydrogen-bond donors (Lipinski definition) is 0. The van der Waals surface area contributed by atoms with Gasteiger partial charge in [-0.3, -0.25) is 10.1 Å². The van der Waals surface area contributed by atoms with Crippen molar-refractivity contribution in [3.8, 4) is 5.75 Å². The highest BCUT2D eigenvalue weighted by atomic mass is 16.6. The van der Waals surface area contributed by atoms with Crippen molar-refractivity contribution in [2.24, 2.45) is 0 Å². The molecule has 0 aliphatic heterocycles. The van der Waals surface area contributed by atoms with Gasteiger partial charge in [-0.25, -0.2) is 0 Å². The average Bonchev–Trinajstić information content (AvgIpc) is 2.58. The van der Waals surface area contributed by atoms with Crippen LogP contribution in [0.5, 0.6) is 5.75 Å². The lowest BCUT2D eigenvalue weighted by molar-refractivity contribution is -0.384. The van der Waals surface area contributed by atoms with Gasteiger partial charge in [0.2, 0.25) is 0 Å². The van der Waals surface area contributed by atoms with E-state index in [4.69, 9.17) is 4.74 Å². The molecule has 0 aliphatic carbocycles. The van der Waals surface area contributed by atoms with Crippen LogP contribution in [0.15, 0.2) is 48.5 Å². The van der Waals surface area contributed by atoms with E-state index in [2.05, 4.69) is 4.90 Å². The zero-order valence-electron chi connectivity index (χ0n) is 14.0. The summed E-state index contributed by atoms with van der Waals surface area (Å²) in [4.78, 5) is 12.4. The number of nitro benzene ring substituents is 1. The van der Waals surface area contributed by atoms with Crippen molar-refractivity contribution in [1.82, 2.24) is 4.90 Å². The maximum absolute atomic E-state index is 10.6. The zero-order valence-corrected chi connectivity index (χ0v) is 14.0. The van der Waals surface area contributed by atoms with Crippen molar-refractivity contribution in [3.63, 3.8) is 0 Å². The third-order valence-electron chi connectivity index (χ3n) is 3.47. The Morgan fingerprint density at radius 3 is 2.04 bits per heavy atom. The second kappa shape index (κ2) is 8.84. The Kier molecular flexibility index (Phi) is 6.51. The molecule has 0 heterocycles. The number of nitro groups is 1. The summed E-state index contributed by atoms with van der Waals surface area (Å²) >= 11 is 0. The normalized spacial score (nSPS) is 11.1. The molecule has 0 saturated heterocycles. The third kappa shape index (κ3) is 5.85. The maximum Gasteiger partial charge on any atom is 0.269 e. The fraction of sp³-hybridized carbons (Fsp3) is 0.263. The van der Waals surface area contributed by atoms with Gasteiger partial charge in [-0.15, -0.1) is 0 Å². The van der Waals surface area contributed by atoms with Gasteiger partial charge in [0.15, 0.2) is 0 Å². The Balaban J connectivity index is 1.87. The summed E-state index contributed by atoms with van der Waals surface area (Å²) in [6.07, 6.45) is 4.89. The number of nitrogens with zero attached hydrogens (tertiary/aromatic N) is 2. The van der Waals surface area contributed by atoms with Crippen LogP contribution in [0.3, 0.4) is 0 Å². The second-order valence-corrected chi connectivity index (χ2v) is 5.76. The van der Waals surface area contributed by atoms with Crippen LogP contribution < -0.4 is 4.74 Å². The van der Waals surface area contributed by atoms with Crippen molar-refractivity contribution in [2.45, 2.75) is 6.42 Å². The van der Waals surface area contributed by atoms with Crippen LogP contribution in [0.4, 0.5) is 5.69 Å². The molecule has 0 unspecified atom stereocenters. The van der Waals surface area contributed by atoms with E-state index in [1.165, 1.54) is 12.1 Å². The predicted octanol–water partition coefficient (Wildman–Crippen LogP) is 4.10. The number of hydrogen-bond acceptors (Lipinski definition) is 4. The lowest BCUT2D eigenvalue weighted by Crippen LogP contribution is -2.15. The first-order valence-corrected chi connectivity index (χ1v) is 7.85. The van der Waals surface area contributed by atoms with Crippen LogP contribution in [-0.4, -0.2) is 37.1 Å². The number of non-ortho nitro benzene ring substituents is 1. The largest absolute Gasteiger partial charge is 0.494 e. The average molecular weight is 326 g/mol. The quantitative estimate of drug-likeness (QED) is 0.317. The van der Waals surface area contributed by atoms with Gasteiger partial charge in [0.05, 0.1) is 11.5 Å². The van der Waals surface area contributed by atoms with E-state index < -0.39 is 4.92 Å². The van der Waals surface area contributed by atoms with Gasteiger partial charge in [0.25, 0.3) is 5.69 Å². The summed E-state index contributed by atoms with van der Waals surface area (Å²) in [7, 11) is 4.10. The number of benzene rings is 2. The molecule has 2 aromatic carbocycles. The minimum absolute atomic E-state index is 0.0999. The molecule has 0 aromatic heterocycles. The molecular formula is C19H22N2O3. The van der Waals surface area contributed by atoms with E-state index in [0.29, 0.717) is 6.61 Å². The molecule has 2 aromatic rings. The number of rotatable bonds is 8. The summed E-state index contributed by atoms with van der Waals surface area (Å²) in [6.45, 7) is 1.71. The second-order valence-electron chi connectivity index (χ2n) is 5.76. The zero-order chi connectivity index (χ0) is 17.4. The molecule has 5 heteroatoms. The van der Waals surface area contributed by atoms with Crippen molar-refractivity contribution < 1.29 is 9.66 Å². The molecule has 5 nitrogen and oxygen atoms in total. The Morgan fingerprint density at radius 2 is 1.54 bits per heavy atom. The summed E-state index contributed by atoms with van der Waals surface area (Å²) < 4.78 is 5.70. The van der Waals surface area contributed by atoms with Gasteiger partial charge >= 0.3 is 0 Å². The van der Waals surface area contributed by atoms with E-state index in [0.717, 1.165) is 29.8 Å². The maximum atomic E-state index is 10.6. The highest BCUT2D eigenvalue weighted by Gasteiger charge is 2.02. The van der Waals surface area contributed by atoms with E-state index in [9.17, 15) is 10.1 Å². The smallest absolute Gasteiger partial charge is 0.269 e. The van der Waals surface area contributed by atoms with Crippen molar-refractivity contribution in [3.05, 3.63) is 69.8 Å². The molecule has 0 bridgehead atoms. The lowest BCUT2D eigenvalue weighted by Gasteiger charge is -2.10. The molecule has 0 amide bonds. The fourth-order valence-corrected chi connectivity index (χ4v) is 2.15.